The summed E-state index contributed by atoms with van der Waals surface area (Å²) in [4.78, 5) is 16.3. The van der Waals surface area contributed by atoms with E-state index in [0.717, 1.165) is 39.0 Å². The second kappa shape index (κ2) is 9.32. The van der Waals surface area contributed by atoms with E-state index >= 15 is 0 Å². The molecule has 1 rings (SSSR count). The zero-order chi connectivity index (χ0) is 15.0. The molecule has 0 aromatic carbocycles. The molecule has 1 saturated heterocycles. The second-order valence-electron chi connectivity index (χ2n) is 5.86. The largest absolute Gasteiger partial charge is 0.378 e. The molecule has 0 aromatic heterocycles. The third-order valence-corrected chi connectivity index (χ3v) is 3.78. The van der Waals surface area contributed by atoms with E-state index in [4.69, 9.17) is 4.74 Å². The summed E-state index contributed by atoms with van der Waals surface area (Å²) in [5.41, 5.74) is 0. The molecule has 0 saturated carbocycles. The van der Waals surface area contributed by atoms with Crippen LogP contribution in [-0.2, 0) is 9.53 Å². The third-order valence-electron chi connectivity index (χ3n) is 3.78. The predicted octanol–water partition coefficient (Wildman–Crippen LogP) is 0.944. The second-order valence-corrected chi connectivity index (χ2v) is 5.86. The van der Waals surface area contributed by atoms with Crippen molar-refractivity contribution in [3.63, 3.8) is 0 Å². The van der Waals surface area contributed by atoms with E-state index in [0.29, 0.717) is 19.1 Å². The lowest BCUT2D eigenvalue weighted by Gasteiger charge is -2.30. The molecule has 5 heteroatoms. The highest BCUT2D eigenvalue weighted by Gasteiger charge is 2.19. The van der Waals surface area contributed by atoms with Crippen LogP contribution in [-0.4, -0.2) is 74.7 Å². The number of ether oxygens (including phenoxy) is 1. The van der Waals surface area contributed by atoms with Crippen LogP contribution < -0.4 is 5.32 Å². The molecule has 0 aliphatic carbocycles. The maximum absolute atomic E-state index is 12.3. The van der Waals surface area contributed by atoms with E-state index in [1.54, 1.807) is 0 Å². The lowest BCUT2D eigenvalue weighted by Crippen LogP contribution is -2.44. The van der Waals surface area contributed by atoms with Gasteiger partial charge in [0, 0.05) is 19.1 Å². The minimum Gasteiger partial charge on any atom is -0.378 e. The van der Waals surface area contributed by atoms with Crippen molar-refractivity contribution >= 4 is 5.91 Å². The van der Waals surface area contributed by atoms with Gasteiger partial charge in [0.25, 0.3) is 0 Å². The van der Waals surface area contributed by atoms with Crippen molar-refractivity contribution in [2.45, 2.75) is 45.3 Å². The SMILES string of the molecule is CCN(C(=O)CCOC1CCNCC1)C(C)CN(C)C. The number of nitrogens with one attached hydrogen (secondary N) is 1. The zero-order valence-electron chi connectivity index (χ0n) is 13.5. The summed E-state index contributed by atoms with van der Waals surface area (Å²) in [6.45, 7) is 8.41. The highest BCUT2D eigenvalue weighted by Crippen LogP contribution is 2.09. The van der Waals surface area contributed by atoms with Crippen molar-refractivity contribution in [1.29, 1.82) is 0 Å². The van der Waals surface area contributed by atoms with Gasteiger partial charge in [0.2, 0.25) is 5.91 Å². The Hall–Kier alpha value is -0.650. The Morgan fingerprint density at radius 2 is 2.00 bits per heavy atom. The van der Waals surface area contributed by atoms with Crippen molar-refractivity contribution < 1.29 is 9.53 Å². The van der Waals surface area contributed by atoms with Gasteiger partial charge in [0.1, 0.15) is 0 Å². The van der Waals surface area contributed by atoms with Gasteiger partial charge in [-0.3, -0.25) is 4.79 Å². The van der Waals surface area contributed by atoms with Crippen LogP contribution in [0.5, 0.6) is 0 Å². The fourth-order valence-electron chi connectivity index (χ4n) is 2.78. The molecule has 1 fully saturated rings. The maximum atomic E-state index is 12.3. The van der Waals surface area contributed by atoms with Gasteiger partial charge in [0.15, 0.2) is 0 Å². The lowest BCUT2D eigenvalue weighted by atomic mass is 10.1. The monoisotopic (exact) mass is 285 g/mol. The first-order valence-electron chi connectivity index (χ1n) is 7.81. The average Bonchev–Trinajstić information content (AvgIpc) is 2.40. The van der Waals surface area contributed by atoms with Crippen LogP contribution in [0.3, 0.4) is 0 Å². The first kappa shape index (κ1) is 17.4. The smallest absolute Gasteiger partial charge is 0.225 e. The Morgan fingerprint density at radius 3 is 2.55 bits per heavy atom. The highest BCUT2D eigenvalue weighted by atomic mass is 16.5. The van der Waals surface area contributed by atoms with Crippen molar-refractivity contribution in [3.05, 3.63) is 0 Å². The molecule has 0 radical (unpaired) electrons. The Morgan fingerprint density at radius 1 is 1.35 bits per heavy atom. The first-order valence-corrected chi connectivity index (χ1v) is 7.81. The van der Waals surface area contributed by atoms with Crippen LogP contribution in [0.25, 0.3) is 0 Å². The molecule has 1 atom stereocenters. The molecule has 1 unspecified atom stereocenters. The summed E-state index contributed by atoms with van der Waals surface area (Å²) >= 11 is 0. The lowest BCUT2D eigenvalue weighted by molar-refractivity contribution is -0.135. The van der Waals surface area contributed by atoms with Crippen LogP contribution in [0.1, 0.15) is 33.1 Å². The minimum atomic E-state index is 0.204. The number of amides is 1. The molecule has 5 nitrogen and oxygen atoms in total. The van der Waals surface area contributed by atoms with Crippen LogP contribution >= 0.6 is 0 Å². The average molecular weight is 285 g/mol. The Bertz CT molecular complexity index is 278. The summed E-state index contributed by atoms with van der Waals surface area (Å²) in [7, 11) is 4.07. The topological polar surface area (TPSA) is 44.8 Å². The van der Waals surface area contributed by atoms with E-state index in [1.807, 2.05) is 25.9 Å². The number of nitrogens with zero attached hydrogens (tertiary/aromatic N) is 2. The number of carbonyl (C=O) groups excluding carboxylic acids is 1. The van der Waals surface area contributed by atoms with Crippen molar-refractivity contribution in [3.8, 4) is 0 Å². The third kappa shape index (κ3) is 6.20. The van der Waals surface area contributed by atoms with Gasteiger partial charge in [-0.2, -0.15) is 0 Å². The van der Waals surface area contributed by atoms with Gasteiger partial charge < -0.3 is 19.9 Å². The molecular weight excluding hydrogens is 254 g/mol. The van der Waals surface area contributed by atoms with Gasteiger partial charge in [0.05, 0.1) is 19.1 Å². The van der Waals surface area contributed by atoms with Crippen LogP contribution in [0.15, 0.2) is 0 Å². The number of hydrogen-bond acceptors (Lipinski definition) is 4. The Kier molecular flexibility index (Phi) is 8.11. The van der Waals surface area contributed by atoms with Gasteiger partial charge in [-0.1, -0.05) is 0 Å². The van der Waals surface area contributed by atoms with Gasteiger partial charge in [-0.15, -0.1) is 0 Å². The van der Waals surface area contributed by atoms with Crippen LogP contribution in [0.2, 0.25) is 0 Å². The molecular formula is C15H31N3O2. The number of hydrogen-bond donors (Lipinski definition) is 1. The van der Waals surface area contributed by atoms with Crippen molar-refractivity contribution in [2.75, 3.05) is 46.9 Å². The normalized spacial score (nSPS) is 18.2. The number of piperidine rings is 1. The van der Waals surface area contributed by atoms with E-state index in [9.17, 15) is 4.79 Å². The summed E-state index contributed by atoms with van der Waals surface area (Å²) in [5, 5.41) is 3.31. The molecule has 118 valence electrons. The number of carbonyl (C=O) groups is 1. The fraction of sp³-hybridized carbons (Fsp3) is 0.933. The van der Waals surface area contributed by atoms with Crippen LogP contribution in [0.4, 0.5) is 0 Å². The molecule has 0 spiro atoms. The molecule has 1 heterocycles. The summed E-state index contributed by atoms with van der Waals surface area (Å²) in [5.74, 6) is 0.204. The summed E-state index contributed by atoms with van der Waals surface area (Å²) in [6.07, 6.45) is 2.94. The van der Waals surface area contributed by atoms with E-state index in [2.05, 4.69) is 17.1 Å². The molecule has 1 aliphatic heterocycles. The first-order chi connectivity index (χ1) is 9.54. The minimum absolute atomic E-state index is 0.204. The zero-order valence-corrected chi connectivity index (χ0v) is 13.5. The van der Waals surface area contributed by atoms with E-state index in [1.165, 1.54) is 0 Å². The quantitative estimate of drug-likeness (QED) is 0.721. The maximum Gasteiger partial charge on any atom is 0.225 e. The fourth-order valence-corrected chi connectivity index (χ4v) is 2.78. The molecule has 0 bridgehead atoms. The van der Waals surface area contributed by atoms with Gasteiger partial charge in [-0.25, -0.2) is 0 Å². The van der Waals surface area contributed by atoms with E-state index in [-0.39, 0.29) is 11.9 Å². The van der Waals surface area contributed by atoms with Gasteiger partial charge >= 0.3 is 0 Å². The van der Waals surface area contributed by atoms with Gasteiger partial charge in [-0.05, 0) is 53.9 Å². The summed E-state index contributed by atoms with van der Waals surface area (Å²) < 4.78 is 5.81. The Balaban J connectivity index is 2.27. The van der Waals surface area contributed by atoms with E-state index < -0.39 is 0 Å². The number of rotatable bonds is 8. The highest BCUT2D eigenvalue weighted by molar-refractivity contribution is 5.76. The standard InChI is InChI=1S/C15H31N3O2/c1-5-18(13(2)12-17(3)4)15(19)8-11-20-14-6-9-16-10-7-14/h13-14,16H,5-12H2,1-4H3. The molecule has 1 aliphatic rings. The predicted molar refractivity (Wildman–Crippen MR) is 81.9 cm³/mol. The molecule has 0 aromatic rings. The molecule has 1 amide bonds. The Labute approximate surface area is 123 Å². The van der Waals surface area contributed by atoms with Crippen molar-refractivity contribution in [1.82, 2.24) is 15.1 Å². The van der Waals surface area contributed by atoms with Crippen molar-refractivity contribution in [2.24, 2.45) is 0 Å². The summed E-state index contributed by atoms with van der Waals surface area (Å²) in [6, 6.07) is 0.251. The van der Waals surface area contributed by atoms with Crippen LogP contribution in [0, 0.1) is 0 Å². The molecule has 20 heavy (non-hydrogen) atoms. The molecule has 1 N–H and O–H groups in total. The number of likely N-dealkylation sites (N-methyl/N-ethyl adjacent to an activating group) is 2.